The number of nitrogens with zero attached hydrogens (tertiary/aromatic N) is 3. The first-order valence-corrected chi connectivity index (χ1v) is 12.5. The summed E-state index contributed by atoms with van der Waals surface area (Å²) in [5.41, 5.74) is 5.44. The Morgan fingerprint density at radius 2 is 1.03 bits per heavy atom. The predicted octanol–water partition coefficient (Wildman–Crippen LogP) is 4.48. The van der Waals surface area contributed by atoms with Crippen molar-refractivity contribution in [3.8, 4) is 0 Å². The smallest absolute Gasteiger partial charge is 0.311 e. The number of rotatable bonds is 6. The molecule has 216 valence electrons. The highest BCUT2D eigenvalue weighted by Crippen LogP contribution is 2.34. The number of carbonyl (C=O) groups is 4. The van der Waals surface area contributed by atoms with Gasteiger partial charge in [-0.25, -0.2) is 0 Å². The van der Waals surface area contributed by atoms with Gasteiger partial charge in [0.25, 0.3) is 0 Å². The standard InChI is InChI=1S/C26H43N3O9/c1-23(2,3)19(30)34-13-14-15(36-20(31)24(4,5)6)16(37-21(32)25(7,8)9)17(18(35-14)28-29-27)38-22(33)26(10,11)12/h14-18H,13H2,1-12H3/t14-,15+,16+,17+,18-/m0/s1. The third-order valence-electron chi connectivity index (χ3n) is 5.33. The maximum atomic E-state index is 13.0. The highest BCUT2D eigenvalue weighted by molar-refractivity contribution is 5.78. The molecule has 5 atom stereocenters. The predicted molar refractivity (Wildman–Crippen MR) is 136 cm³/mol. The fraction of sp³-hybridized carbons (Fsp3) is 0.846. The molecule has 0 bridgehead atoms. The zero-order valence-electron chi connectivity index (χ0n) is 24.6. The lowest BCUT2D eigenvalue weighted by molar-refractivity contribution is -0.259. The highest BCUT2D eigenvalue weighted by Gasteiger charge is 2.54. The number of azide groups is 1. The molecular formula is C26H43N3O9. The fourth-order valence-electron chi connectivity index (χ4n) is 2.85. The molecule has 38 heavy (non-hydrogen) atoms. The van der Waals surface area contributed by atoms with Crippen LogP contribution in [0.3, 0.4) is 0 Å². The van der Waals surface area contributed by atoms with Gasteiger partial charge in [0.15, 0.2) is 24.5 Å². The summed E-state index contributed by atoms with van der Waals surface area (Å²) in [5.74, 6) is -2.62. The molecule has 0 aliphatic carbocycles. The van der Waals surface area contributed by atoms with E-state index >= 15 is 0 Å². The molecule has 1 heterocycles. The van der Waals surface area contributed by atoms with Gasteiger partial charge in [0, 0.05) is 4.91 Å². The van der Waals surface area contributed by atoms with Gasteiger partial charge in [-0.1, -0.05) is 5.11 Å². The van der Waals surface area contributed by atoms with Crippen LogP contribution in [-0.2, 0) is 42.9 Å². The van der Waals surface area contributed by atoms with Crippen molar-refractivity contribution in [3.63, 3.8) is 0 Å². The van der Waals surface area contributed by atoms with E-state index in [-0.39, 0.29) is 0 Å². The molecule has 0 unspecified atom stereocenters. The molecule has 0 aromatic heterocycles. The van der Waals surface area contributed by atoms with E-state index in [1.165, 1.54) is 0 Å². The molecule has 1 saturated heterocycles. The second-order valence-electron chi connectivity index (χ2n) is 13.5. The van der Waals surface area contributed by atoms with Gasteiger partial charge in [0.1, 0.15) is 12.7 Å². The molecule has 12 heteroatoms. The average Bonchev–Trinajstić information content (AvgIpc) is 2.73. The summed E-state index contributed by atoms with van der Waals surface area (Å²) in [7, 11) is 0. The van der Waals surface area contributed by atoms with E-state index in [1.54, 1.807) is 83.1 Å². The van der Waals surface area contributed by atoms with E-state index < -0.39 is 82.8 Å². The molecule has 0 saturated carbocycles. The summed E-state index contributed by atoms with van der Waals surface area (Å²) in [6.45, 7) is 19.2. The van der Waals surface area contributed by atoms with Crippen LogP contribution in [0.25, 0.3) is 10.4 Å². The van der Waals surface area contributed by atoms with Crippen molar-refractivity contribution in [2.24, 2.45) is 26.8 Å². The van der Waals surface area contributed by atoms with E-state index in [0.29, 0.717) is 0 Å². The van der Waals surface area contributed by atoms with Crippen LogP contribution in [0.4, 0.5) is 0 Å². The molecule has 1 aliphatic heterocycles. The SMILES string of the molecule is CC(C)(C)C(=O)OC[C@@H]1O[C@H](N=[N+]=[N-])[C@H](OC(=O)C(C)(C)C)[C@H](OC(=O)C(C)(C)C)[C@@H]1OC(=O)C(C)(C)C. The number of ether oxygens (including phenoxy) is 5. The van der Waals surface area contributed by atoms with Crippen molar-refractivity contribution in [2.75, 3.05) is 6.61 Å². The minimum atomic E-state index is -1.48. The first-order valence-electron chi connectivity index (χ1n) is 12.5. The largest absolute Gasteiger partial charge is 0.462 e. The van der Waals surface area contributed by atoms with Crippen LogP contribution in [0.1, 0.15) is 83.1 Å². The summed E-state index contributed by atoms with van der Waals surface area (Å²) in [5, 5.41) is 3.62. The minimum Gasteiger partial charge on any atom is -0.462 e. The monoisotopic (exact) mass is 541 g/mol. The van der Waals surface area contributed by atoms with Crippen LogP contribution in [0.15, 0.2) is 5.11 Å². The van der Waals surface area contributed by atoms with Crippen molar-refractivity contribution in [3.05, 3.63) is 10.4 Å². The molecule has 1 aliphatic rings. The van der Waals surface area contributed by atoms with Crippen LogP contribution in [-0.4, -0.2) is 61.1 Å². The Morgan fingerprint density at radius 3 is 1.39 bits per heavy atom. The van der Waals surface area contributed by atoms with Gasteiger partial charge < -0.3 is 23.7 Å². The van der Waals surface area contributed by atoms with E-state index in [1.807, 2.05) is 0 Å². The Labute approximate surface area is 224 Å². The van der Waals surface area contributed by atoms with Crippen molar-refractivity contribution in [2.45, 2.75) is 114 Å². The zero-order valence-corrected chi connectivity index (χ0v) is 24.6. The lowest BCUT2D eigenvalue weighted by Crippen LogP contribution is -2.63. The number of esters is 4. The molecule has 0 N–H and O–H groups in total. The minimum absolute atomic E-state index is 0.418. The van der Waals surface area contributed by atoms with Crippen LogP contribution in [0, 0.1) is 21.7 Å². The van der Waals surface area contributed by atoms with Gasteiger partial charge in [-0.3, -0.25) is 19.2 Å². The van der Waals surface area contributed by atoms with Crippen LogP contribution in [0.5, 0.6) is 0 Å². The van der Waals surface area contributed by atoms with E-state index in [4.69, 9.17) is 23.7 Å². The molecular weight excluding hydrogens is 498 g/mol. The lowest BCUT2D eigenvalue weighted by atomic mass is 9.92. The van der Waals surface area contributed by atoms with E-state index in [2.05, 4.69) is 10.0 Å². The van der Waals surface area contributed by atoms with Crippen LogP contribution < -0.4 is 0 Å². The van der Waals surface area contributed by atoms with E-state index in [0.717, 1.165) is 0 Å². The molecule has 0 aromatic carbocycles. The third kappa shape index (κ3) is 9.16. The molecule has 0 spiro atoms. The summed E-state index contributed by atoms with van der Waals surface area (Å²) in [6, 6.07) is 0. The highest BCUT2D eigenvalue weighted by atomic mass is 16.7. The van der Waals surface area contributed by atoms with Gasteiger partial charge in [0.2, 0.25) is 0 Å². The Morgan fingerprint density at radius 1 is 0.658 bits per heavy atom. The Balaban J connectivity index is 3.67. The Kier molecular flexibility index (Phi) is 10.4. The quantitative estimate of drug-likeness (QED) is 0.155. The molecule has 0 aromatic rings. The molecule has 1 fully saturated rings. The Bertz CT molecular complexity index is 945. The Hall–Kier alpha value is -2.85. The van der Waals surface area contributed by atoms with Crippen LogP contribution in [0.2, 0.25) is 0 Å². The maximum absolute atomic E-state index is 13.0. The summed E-state index contributed by atoms with van der Waals surface area (Å²) in [6.07, 6.45) is -6.97. The lowest BCUT2D eigenvalue weighted by Gasteiger charge is -2.45. The topological polar surface area (TPSA) is 163 Å². The van der Waals surface area contributed by atoms with Crippen molar-refractivity contribution in [1.82, 2.24) is 0 Å². The summed E-state index contributed by atoms with van der Waals surface area (Å²) < 4.78 is 28.6. The zero-order chi connectivity index (χ0) is 29.9. The second kappa shape index (κ2) is 11.9. The van der Waals surface area contributed by atoms with Gasteiger partial charge in [-0.05, 0) is 88.6 Å². The van der Waals surface area contributed by atoms with Crippen molar-refractivity contribution < 1.29 is 42.9 Å². The number of hydrogen-bond acceptors (Lipinski definition) is 10. The van der Waals surface area contributed by atoms with E-state index in [9.17, 15) is 24.7 Å². The molecule has 0 amide bonds. The average molecular weight is 542 g/mol. The van der Waals surface area contributed by atoms with Gasteiger partial charge in [-0.15, -0.1) is 0 Å². The van der Waals surface area contributed by atoms with Gasteiger partial charge in [-0.2, -0.15) is 0 Å². The fourth-order valence-corrected chi connectivity index (χ4v) is 2.85. The molecule has 1 rings (SSSR count). The van der Waals surface area contributed by atoms with Gasteiger partial charge >= 0.3 is 23.9 Å². The first-order chi connectivity index (χ1) is 17.0. The van der Waals surface area contributed by atoms with Crippen molar-refractivity contribution >= 4 is 23.9 Å². The molecule has 12 nitrogen and oxygen atoms in total. The third-order valence-corrected chi connectivity index (χ3v) is 5.33. The molecule has 0 radical (unpaired) electrons. The normalized spacial score (nSPS) is 24.5. The van der Waals surface area contributed by atoms with Crippen molar-refractivity contribution in [1.29, 1.82) is 0 Å². The summed E-state index contributed by atoms with van der Waals surface area (Å²) >= 11 is 0. The number of hydrogen-bond donors (Lipinski definition) is 0. The maximum Gasteiger partial charge on any atom is 0.311 e. The summed E-state index contributed by atoms with van der Waals surface area (Å²) in [4.78, 5) is 54.2. The van der Waals surface area contributed by atoms with Gasteiger partial charge in [0.05, 0.1) is 21.7 Å². The number of carbonyl (C=O) groups excluding carboxylic acids is 4. The second-order valence-corrected chi connectivity index (χ2v) is 13.5. The first kappa shape index (κ1) is 33.2. The van der Waals surface area contributed by atoms with Crippen LogP contribution >= 0.6 is 0 Å².